The third-order valence-corrected chi connectivity index (χ3v) is 4.89. The highest BCUT2D eigenvalue weighted by Crippen LogP contribution is 2.32. The number of nitrogens with zero attached hydrogens (tertiary/aromatic N) is 1. The highest BCUT2D eigenvalue weighted by atomic mass is 16.5. The molecule has 2 unspecified atom stereocenters. The first-order valence-corrected chi connectivity index (χ1v) is 8.61. The molecule has 0 saturated carbocycles. The van der Waals surface area contributed by atoms with Crippen molar-refractivity contribution >= 4 is 17.5 Å². The molecule has 2 atom stereocenters. The molecule has 130 valence electrons. The maximum Gasteiger partial charge on any atom is 0.227 e. The van der Waals surface area contributed by atoms with Crippen molar-refractivity contribution < 1.29 is 14.3 Å². The molecule has 0 aromatic heterocycles. The Bertz CT molecular complexity index is 599. The van der Waals surface area contributed by atoms with Crippen LogP contribution in [0.25, 0.3) is 0 Å². The summed E-state index contributed by atoms with van der Waals surface area (Å²) in [5.41, 5.74) is 0.734. The van der Waals surface area contributed by atoms with Gasteiger partial charge in [-0.25, -0.2) is 0 Å². The van der Waals surface area contributed by atoms with Crippen molar-refractivity contribution in [2.75, 3.05) is 38.2 Å². The van der Waals surface area contributed by atoms with Gasteiger partial charge in [0.25, 0.3) is 0 Å². The summed E-state index contributed by atoms with van der Waals surface area (Å²) in [5, 5.41) is 6.33. The highest BCUT2D eigenvalue weighted by molar-refractivity contribution is 6.01. The van der Waals surface area contributed by atoms with Crippen LogP contribution in [0.4, 0.5) is 5.69 Å². The molecule has 2 fully saturated rings. The first-order valence-electron chi connectivity index (χ1n) is 8.61. The molecule has 2 amide bonds. The fourth-order valence-electron chi connectivity index (χ4n) is 3.47. The van der Waals surface area contributed by atoms with Gasteiger partial charge in [0.05, 0.1) is 18.7 Å². The predicted molar refractivity (Wildman–Crippen MR) is 92.1 cm³/mol. The second-order valence-electron chi connectivity index (χ2n) is 6.52. The van der Waals surface area contributed by atoms with Gasteiger partial charge in [0, 0.05) is 19.5 Å². The Labute approximate surface area is 142 Å². The van der Waals surface area contributed by atoms with E-state index in [1.54, 1.807) is 12.0 Å². The van der Waals surface area contributed by atoms with Crippen molar-refractivity contribution in [3.63, 3.8) is 0 Å². The van der Waals surface area contributed by atoms with Crippen LogP contribution in [-0.4, -0.2) is 45.1 Å². The number of anilines is 1. The third-order valence-electron chi connectivity index (χ3n) is 4.89. The lowest BCUT2D eigenvalue weighted by Crippen LogP contribution is -2.34. The van der Waals surface area contributed by atoms with Crippen molar-refractivity contribution in [3.8, 4) is 5.75 Å². The molecule has 2 aliphatic heterocycles. The molecular formula is C18H25N3O3. The minimum absolute atomic E-state index is 0.0216. The summed E-state index contributed by atoms with van der Waals surface area (Å²) in [6.45, 7) is 3.21. The lowest BCUT2D eigenvalue weighted by Gasteiger charge is -2.19. The van der Waals surface area contributed by atoms with Crippen LogP contribution < -0.4 is 20.3 Å². The minimum Gasteiger partial charge on any atom is -0.495 e. The lowest BCUT2D eigenvalue weighted by atomic mass is 10.0. The Morgan fingerprint density at radius 2 is 2.25 bits per heavy atom. The number of carbonyl (C=O) groups excluding carboxylic acids is 2. The zero-order valence-electron chi connectivity index (χ0n) is 14.1. The van der Waals surface area contributed by atoms with Gasteiger partial charge in [0.1, 0.15) is 5.75 Å². The van der Waals surface area contributed by atoms with Gasteiger partial charge in [-0.3, -0.25) is 9.59 Å². The van der Waals surface area contributed by atoms with Crippen LogP contribution in [-0.2, 0) is 9.59 Å². The zero-order chi connectivity index (χ0) is 16.9. The molecule has 1 aromatic carbocycles. The van der Waals surface area contributed by atoms with Crippen molar-refractivity contribution in [2.45, 2.75) is 19.3 Å². The van der Waals surface area contributed by atoms with E-state index < -0.39 is 0 Å². The van der Waals surface area contributed by atoms with Gasteiger partial charge >= 0.3 is 0 Å². The minimum atomic E-state index is -0.288. The smallest absolute Gasteiger partial charge is 0.227 e. The van der Waals surface area contributed by atoms with Crippen LogP contribution >= 0.6 is 0 Å². The summed E-state index contributed by atoms with van der Waals surface area (Å²) in [6.07, 6.45) is 2.43. The standard InChI is InChI=1S/C18H25N3O3/c1-24-16-5-3-2-4-15(16)21-12-14(10-17(21)22)18(23)20-9-7-13-6-8-19-11-13/h2-5,13-14,19H,6-12H2,1H3,(H,20,23). The molecule has 0 aliphatic carbocycles. The van der Waals surface area contributed by atoms with Crippen LogP contribution in [0.1, 0.15) is 19.3 Å². The summed E-state index contributed by atoms with van der Waals surface area (Å²) in [7, 11) is 1.58. The maximum atomic E-state index is 12.4. The number of methoxy groups -OCH3 is 1. The summed E-state index contributed by atoms with van der Waals surface area (Å²) in [4.78, 5) is 26.3. The zero-order valence-corrected chi connectivity index (χ0v) is 14.1. The molecule has 0 spiro atoms. The lowest BCUT2D eigenvalue weighted by molar-refractivity contribution is -0.126. The van der Waals surface area contributed by atoms with E-state index in [1.807, 2.05) is 24.3 Å². The van der Waals surface area contributed by atoms with E-state index in [0.717, 1.165) is 25.2 Å². The highest BCUT2D eigenvalue weighted by Gasteiger charge is 2.36. The van der Waals surface area contributed by atoms with Gasteiger partial charge in [-0.2, -0.15) is 0 Å². The number of hydrogen-bond acceptors (Lipinski definition) is 4. The number of nitrogens with one attached hydrogen (secondary N) is 2. The molecule has 24 heavy (non-hydrogen) atoms. The molecule has 2 aliphatic rings. The number of para-hydroxylation sites is 2. The first kappa shape index (κ1) is 16.8. The molecule has 1 aromatic rings. The SMILES string of the molecule is COc1ccccc1N1CC(C(=O)NCCC2CCNC2)CC1=O. The summed E-state index contributed by atoms with van der Waals surface area (Å²) < 4.78 is 5.32. The van der Waals surface area contributed by atoms with E-state index in [9.17, 15) is 9.59 Å². The van der Waals surface area contributed by atoms with Gasteiger partial charge < -0.3 is 20.3 Å². The average molecular weight is 331 g/mol. The fraction of sp³-hybridized carbons (Fsp3) is 0.556. The van der Waals surface area contributed by atoms with Gasteiger partial charge in [-0.1, -0.05) is 12.1 Å². The molecule has 6 heteroatoms. The van der Waals surface area contributed by atoms with Crippen molar-refractivity contribution in [1.29, 1.82) is 0 Å². The summed E-state index contributed by atoms with van der Waals surface area (Å²) in [5.74, 6) is 0.969. The van der Waals surface area contributed by atoms with E-state index in [4.69, 9.17) is 4.74 Å². The number of ether oxygens (including phenoxy) is 1. The van der Waals surface area contributed by atoms with Gasteiger partial charge in [-0.05, 0) is 44.0 Å². The Kier molecular flexibility index (Phi) is 5.35. The Hall–Kier alpha value is -2.08. The molecule has 2 heterocycles. The van der Waals surface area contributed by atoms with E-state index in [0.29, 0.717) is 24.8 Å². The normalized spacial score (nSPS) is 23.5. The Balaban J connectivity index is 1.54. The maximum absolute atomic E-state index is 12.4. The number of rotatable bonds is 6. The van der Waals surface area contributed by atoms with Crippen molar-refractivity contribution in [3.05, 3.63) is 24.3 Å². The van der Waals surface area contributed by atoms with E-state index in [1.165, 1.54) is 6.42 Å². The van der Waals surface area contributed by atoms with E-state index in [2.05, 4.69) is 10.6 Å². The molecule has 3 rings (SSSR count). The monoisotopic (exact) mass is 331 g/mol. The summed E-state index contributed by atoms with van der Waals surface area (Å²) in [6, 6.07) is 7.41. The van der Waals surface area contributed by atoms with Crippen molar-refractivity contribution in [2.24, 2.45) is 11.8 Å². The van der Waals surface area contributed by atoms with Crippen LogP contribution in [0, 0.1) is 11.8 Å². The van der Waals surface area contributed by atoms with Crippen molar-refractivity contribution in [1.82, 2.24) is 10.6 Å². The van der Waals surface area contributed by atoms with E-state index in [-0.39, 0.29) is 24.2 Å². The van der Waals surface area contributed by atoms with E-state index >= 15 is 0 Å². The second kappa shape index (κ2) is 7.66. The largest absolute Gasteiger partial charge is 0.495 e. The molecule has 0 bridgehead atoms. The molecule has 2 N–H and O–H groups in total. The van der Waals surface area contributed by atoms with Gasteiger partial charge in [0.15, 0.2) is 0 Å². The first-order chi connectivity index (χ1) is 11.7. The fourth-order valence-corrected chi connectivity index (χ4v) is 3.47. The van der Waals surface area contributed by atoms with Crippen LogP contribution in [0.2, 0.25) is 0 Å². The number of benzene rings is 1. The number of hydrogen-bond donors (Lipinski definition) is 2. The molecule has 0 radical (unpaired) electrons. The van der Waals surface area contributed by atoms with Gasteiger partial charge in [-0.15, -0.1) is 0 Å². The van der Waals surface area contributed by atoms with Crippen LogP contribution in [0.15, 0.2) is 24.3 Å². The third kappa shape index (κ3) is 3.70. The average Bonchev–Trinajstić information content (AvgIpc) is 3.24. The Morgan fingerprint density at radius 1 is 1.42 bits per heavy atom. The van der Waals surface area contributed by atoms with Gasteiger partial charge in [0.2, 0.25) is 11.8 Å². The quantitative estimate of drug-likeness (QED) is 0.821. The predicted octanol–water partition coefficient (Wildman–Crippen LogP) is 1.16. The van der Waals surface area contributed by atoms with Crippen LogP contribution in [0.5, 0.6) is 5.75 Å². The molecule has 2 saturated heterocycles. The number of carbonyl (C=O) groups is 2. The molecular weight excluding hydrogens is 306 g/mol. The topological polar surface area (TPSA) is 70.7 Å². The summed E-state index contributed by atoms with van der Waals surface area (Å²) >= 11 is 0. The number of amides is 2. The Morgan fingerprint density at radius 3 is 3.00 bits per heavy atom. The van der Waals surface area contributed by atoms with Crippen LogP contribution in [0.3, 0.4) is 0 Å². The molecule has 6 nitrogen and oxygen atoms in total. The second-order valence-corrected chi connectivity index (χ2v) is 6.52.